The van der Waals surface area contributed by atoms with Gasteiger partial charge >= 0.3 is 0 Å². The molecule has 4 rings (SSSR count). The molecule has 9 heteroatoms. The van der Waals surface area contributed by atoms with Crippen LogP contribution in [0.3, 0.4) is 0 Å². The Hall–Kier alpha value is -2.25. The molecule has 0 spiro atoms. The van der Waals surface area contributed by atoms with E-state index in [1.165, 1.54) is 0 Å². The first-order valence-electron chi connectivity index (χ1n) is 11.0. The average Bonchev–Trinajstić information content (AvgIpc) is 3.16. The molecular formula is C26H24Cl3NO4S. The number of hydrogen-bond acceptors (Lipinski definition) is 4. The van der Waals surface area contributed by atoms with Crippen LogP contribution in [-0.4, -0.2) is 43.4 Å². The summed E-state index contributed by atoms with van der Waals surface area (Å²) in [5, 5.41) is 1.70. The van der Waals surface area contributed by atoms with Crippen molar-refractivity contribution in [1.82, 2.24) is 4.90 Å². The number of sulfone groups is 1. The fourth-order valence-electron chi connectivity index (χ4n) is 4.15. The van der Waals surface area contributed by atoms with Gasteiger partial charge in [-0.05, 0) is 60.4 Å². The fourth-order valence-corrected chi connectivity index (χ4v) is 6.62. The predicted octanol–water partition coefficient (Wildman–Crippen LogP) is 6.22. The van der Waals surface area contributed by atoms with Crippen molar-refractivity contribution in [3.8, 4) is 16.9 Å². The largest absolute Gasteiger partial charge is 0.483 e. The normalized spacial score (nSPS) is 16.7. The lowest BCUT2D eigenvalue weighted by Gasteiger charge is -2.28. The van der Waals surface area contributed by atoms with Gasteiger partial charge in [-0.15, -0.1) is 0 Å². The molecule has 0 bridgehead atoms. The summed E-state index contributed by atoms with van der Waals surface area (Å²) in [5.41, 5.74) is 3.46. The summed E-state index contributed by atoms with van der Waals surface area (Å²) in [6, 6.07) is 17.8. The van der Waals surface area contributed by atoms with E-state index in [0.717, 1.165) is 22.3 Å². The second-order valence-corrected chi connectivity index (χ2v) is 12.1. The molecule has 35 heavy (non-hydrogen) atoms. The standard InChI is InChI=1S/C26H24Cl3NO4S/c1-17-12-20(27)7-9-25(17)34-15-26(31)30(22-10-11-35(32,33)16-22)14-18-2-4-19(5-3-18)23-8-6-21(28)13-24(23)29/h2-9,12-13,22H,10-11,14-16H2,1H3. The highest BCUT2D eigenvalue weighted by molar-refractivity contribution is 7.91. The number of benzene rings is 3. The van der Waals surface area contributed by atoms with E-state index in [1.807, 2.05) is 37.3 Å². The maximum absolute atomic E-state index is 13.2. The average molecular weight is 553 g/mol. The number of carbonyl (C=O) groups is 1. The van der Waals surface area contributed by atoms with Crippen LogP contribution >= 0.6 is 34.8 Å². The van der Waals surface area contributed by atoms with E-state index in [4.69, 9.17) is 39.5 Å². The number of halogens is 3. The highest BCUT2D eigenvalue weighted by Crippen LogP contribution is 2.31. The monoisotopic (exact) mass is 551 g/mol. The highest BCUT2D eigenvalue weighted by atomic mass is 35.5. The molecular weight excluding hydrogens is 529 g/mol. The molecule has 0 aromatic heterocycles. The summed E-state index contributed by atoms with van der Waals surface area (Å²) in [7, 11) is -3.17. The molecule has 1 unspecified atom stereocenters. The zero-order chi connectivity index (χ0) is 25.2. The topological polar surface area (TPSA) is 63.7 Å². The number of nitrogens with zero attached hydrogens (tertiary/aromatic N) is 1. The minimum atomic E-state index is -3.17. The number of hydrogen-bond donors (Lipinski definition) is 0. The lowest BCUT2D eigenvalue weighted by atomic mass is 10.0. The number of aryl methyl sites for hydroxylation is 1. The Kier molecular flexibility index (Phi) is 7.96. The summed E-state index contributed by atoms with van der Waals surface area (Å²) in [5.74, 6) is 0.321. The van der Waals surface area contributed by atoms with Crippen LogP contribution in [0.1, 0.15) is 17.5 Å². The van der Waals surface area contributed by atoms with Crippen LogP contribution in [0.25, 0.3) is 11.1 Å². The third-order valence-corrected chi connectivity index (χ3v) is 8.54. The first kappa shape index (κ1) is 25.8. The second kappa shape index (κ2) is 10.8. The maximum atomic E-state index is 13.2. The zero-order valence-electron chi connectivity index (χ0n) is 19.0. The van der Waals surface area contributed by atoms with Crippen LogP contribution in [-0.2, 0) is 21.2 Å². The smallest absolute Gasteiger partial charge is 0.261 e. The van der Waals surface area contributed by atoms with E-state index < -0.39 is 15.9 Å². The molecule has 5 nitrogen and oxygen atoms in total. The molecule has 0 saturated carbocycles. The zero-order valence-corrected chi connectivity index (χ0v) is 22.1. The van der Waals surface area contributed by atoms with Gasteiger partial charge in [0.2, 0.25) is 0 Å². The summed E-state index contributed by atoms with van der Waals surface area (Å²) in [6.07, 6.45) is 0.409. The molecule has 1 aliphatic heterocycles. The first-order valence-corrected chi connectivity index (χ1v) is 14.0. The van der Waals surface area contributed by atoms with E-state index in [9.17, 15) is 13.2 Å². The van der Waals surface area contributed by atoms with Gasteiger partial charge in [-0.25, -0.2) is 8.42 Å². The fraction of sp³-hybridized carbons (Fsp3) is 0.269. The summed E-state index contributed by atoms with van der Waals surface area (Å²) >= 11 is 18.3. The van der Waals surface area contributed by atoms with E-state index >= 15 is 0 Å². The van der Waals surface area contributed by atoms with Gasteiger partial charge in [0.25, 0.3) is 5.91 Å². The van der Waals surface area contributed by atoms with E-state index in [-0.39, 0.29) is 30.6 Å². The highest BCUT2D eigenvalue weighted by Gasteiger charge is 2.34. The van der Waals surface area contributed by atoms with Crippen molar-refractivity contribution in [2.45, 2.75) is 25.9 Å². The molecule has 1 amide bonds. The Bertz CT molecular complexity index is 1340. The van der Waals surface area contributed by atoms with Crippen molar-refractivity contribution < 1.29 is 17.9 Å². The van der Waals surface area contributed by atoms with Crippen molar-refractivity contribution in [3.05, 3.63) is 86.9 Å². The second-order valence-electron chi connectivity index (χ2n) is 8.60. The molecule has 1 heterocycles. The minimum Gasteiger partial charge on any atom is -0.483 e. The minimum absolute atomic E-state index is 0.0445. The predicted molar refractivity (Wildman–Crippen MR) is 141 cm³/mol. The Balaban J connectivity index is 1.52. The molecule has 1 saturated heterocycles. The van der Waals surface area contributed by atoms with Gasteiger partial charge in [-0.2, -0.15) is 0 Å². The summed E-state index contributed by atoms with van der Waals surface area (Å²) in [4.78, 5) is 14.8. The Morgan fingerprint density at radius 3 is 2.31 bits per heavy atom. The van der Waals surface area contributed by atoms with Gasteiger partial charge in [-0.1, -0.05) is 65.1 Å². The number of carbonyl (C=O) groups excluding carboxylic acids is 1. The van der Waals surface area contributed by atoms with Gasteiger partial charge < -0.3 is 9.64 Å². The quantitative estimate of drug-likeness (QED) is 0.349. The number of rotatable bonds is 7. The van der Waals surface area contributed by atoms with Crippen LogP contribution in [0.5, 0.6) is 5.75 Å². The van der Waals surface area contributed by atoms with Crippen molar-refractivity contribution in [2.75, 3.05) is 18.1 Å². The molecule has 0 radical (unpaired) electrons. The Morgan fingerprint density at radius 2 is 1.69 bits per heavy atom. The molecule has 1 aliphatic rings. The molecule has 0 N–H and O–H groups in total. The van der Waals surface area contributed by atoms with E-state index in [0.29, 0.717) is 27.2 Å². The van der Waals surface area contributed by atoms with Crippen LogP contribution in [0, 0.1) is 6.92 Å². The van der Waals surface area contributed by atoms with E-state index in [1.54, 1.807) is 35.2 Å². The summed E-state index contributed by atoms with van der Waals surface area (Å²) in [6.45, 7) is 1.93. The van der Waals surface area contributed by atoms with E-state index in [2.05, 4.69) is 0 Å². The summed E-state index contributed by atoms with van der Waals surface area (Å²) < 4.78 is 30.0. The van der Waals surface area contributed by atoms with Crippen molar-refractivity contribution in [2.24, 2.45) is 0 Å². The van der Waals surface area contributed by atoms with Crippen molar-refractivity contribution in [3.63, 3.8) is 0 Å². The van der Waals surface area contributed by atoms with Gasteiger partial charge in [0, 0.05) is 33.2 Å². The molecule has 184 valence electrons. The van der Waals surface area contributed by atoms with Gasteiger partial charge in [-0.3, -0.25) is 4.79 Å². The van der Waals surface area contributed by atoms with Crippen LogP contribution in [0.4, 0.5) is 0 Å². The Morgan fingerprint density at radius 1 is 1.00 bits per heavy atom. The van der Waals surface area contributed by atoms with Crippen molar-refractivity contribution in [1.29, 1.82) is 0 Å². The third kappa shape index (κ3) is 6.50. The lowest BCUT2D eigenvalue weighted by molar-refractivity contribution is -0.136. The van der Waals surface area contributed by atoms with Crippen LogP contribution < -0.4 is 4.74 Å². The molecule has 0 aliphatic carbocycles. The number of ether oxygens (including phenoxy) is 1. The van der Waals surface area contributed by atoms with Crippen LogP contribution in [0.15, 0.2) is 60.7 Å². The SMILES string of the molecule is Cc1cc(Cl)ccc1OCC(=O)N(Cc1ccc(-c2ccc(Cl)cc2Cl)cc1)C1CCS(=O)(=O)C1. The molecule has 1 fully saturated rings. The number of amides is 1. The third-order valence-electron chi connectivity index (χ3n) is 6.01. The first-order chi connectivity index (χ1) is 16.6. The Labute approximate surface area is 220 Å². The van der Waals surface area contributed by atoms with Gasteiger partial charge in [0.1, 0.15) is 5.75 Å². The van der Waals surface area contributed by atoms with Gasteiger partial charge in [0.05, 0.1) is 11.5 Å². The lowest BCUT2D eigenvalue weighted by Crippen LogP contribution is -2.43. The van der Waals surface area contributed by atoms with Crippen LogP contribution in [0.2, 0.25) is 15.1 Å². The van der Waals surface area contributed by atoms with Crippen molar-refractivity contribution >= 4 is 50.5 Å². The molecule has 1 atom stereocenters. The maximum Gasteiger partial charge on any atom is 0.261 e. The molecule has 3 aromatic carbocycles. The van der Waals surface area contributed by atoms with Gasteiger partial charge in [0.15, 0.2) is 16.4 Å². The molecule has 3 aromatic rings.